The standard InChI is InChI=1S/C11H21N3O/c1-3-10(4-2)12-8-11(15)9-14-7-5-6-13-14/h5-7,10-12,15H,3-4,8-9H2,1-2H3. The summed E-state index contributed by atoms with van der Waals surface area (Å²) in [6, 6.07) is 2.37. The normalized spacial score (nSPS) is 13.3. The van der Waals surface area contributed by atoms with Gasteiger partial charge in [-0.25, -0.2) is 0 Å². The van der Waals surface area contributed by atoms with Crippen LogP contribution >= 0.6 is 0 Å². The molecule has 4 nitrogen and oxygen atoms in total. The highest BCUT2D eigenvalue weighted by atomic mass is 16.3. The molecule has 0 radical (unpaired) electrons. The van der Waals surface area contributed by atoms with Gasteiger partial charge in [0, 0.05) is 25.0 Å². The van der Waals surface area contributed by atoms with E-state index in [9.17, 15) is 5.11 Å². The van der Waals surface area contributed by atoms with Crippen LogP contribution in [0.25, 0.3) is 0 Å². The van der Waals surface area contributed by atoms with E-state index in [-0.39, 0.29) is 6.10 Å². The monoisotopic (exact) mass is 211 g/mol. The molecule has 0 bridgehead atoms. The average Bonchev–Trinajstić information content (AvgIpc) is 2.72. The van der Waals surface area contributed by atoms with Gasteiger partial charge >= 0.3 is 0 Å². The van der Waals surface area contributed by atoms with Crippen LogP contribution in [0.2, 0.25) is 0 Å². The summed E-state index contributed by atoms with van der Waals surface area (Å²) in [6.07, 6.45) is 5.42. The SMILES string of the molecule is CCC(CC)NCC(O)Cn1cccn1. The van der Waals surface area contributed by atoms with Gasteiger partial charge in [0.1, 0.15) is 0 Å². The van der Waals surface area contributed by atoms with Crippen molar-refractivity contribution in [3.63, 3.8) is 0 Å². The van der Waals surface area contributed by atoms with Gasteiger partial charge in [0.25, 0.3) is 0 Å². The van der Waals surface area contributed by atoms with Crippen molar-refractivity contribution in [3.8, 4) is 0 Å². The van der Waals surface area contributed by atoms with E-state index in [0.29, 0.717) is 19.1 Å². The fourth-order valence-corrected chi connectivity index (χ4v) is 1.57. The van der Waals surface area contributed by atoms with Crippen LogP contribution in [0.5, 0.6) is 0 Å². The number of aliphatic hydroxyl groups excluding tert-OH is 1. The van der Waals surface area contributed by atoms with E-state index in [1.165, 1.54) is 0 Å². The molecule has 1 atom stereocenters. The van der Waals surface area contributed by atoms with E-state index >= 15 is 0 Å². The molecular weight excluding hydrogens is 190 g/mol. The van der Waals surface area contributed by atoms with Gasteiger partial charge in [0.05, 0.1) is 12.6 Å². The van der Waals surface area contributed by atoms with Crippen molar-refractivity contribution in [2.45, 2.75) is 45.4 Å². The van der Waals surface area contributed by atoms with Gasteiger partial charge in [0.15, 0.2) is 0 Å². The van der Waals surface area contributed by atoms with Crippen molar-refractivity contribution in [2.24, 2.45) is 0 Å². The zero-order valence-corrected chi connectivity index (χ0v) is 9.56. The lowest BCUT2D eigenvalue weighted by Crippen LogP contribution is -2.36. The number of hydrogen-bond acceptors (Lipinski definition) is 3. The Morgan fingerprint density at radius 1 is 1.40 bits per heavy atom. The van der Waals surface area contributed by atoms with Crippen LogP contribution in [-0.4, -0.2) is 33.6 Å². The van der Waals surface area contributed by atoms with Crippen molar-refractivity contribution in [1.82, 2.24) is 15.1 Å². The van der Waals surface area contributed by atoms with Crippen LogP contribution in [0.15, 0.2) is 18.5 Å². The van der Waals surface area contributed by atoms with Crippen molar-refractivity contribution in [2.75, 3.05) is 6.54 Å². The Morgan fingerprint density at radius 2 is 2.13 bits per heavy atom. The van der Waals surface area contributed by atoms with Crippen LogP contribution < -0.4 is 5.32 Å². The van der Waals surface area contributed by atoms with Gasteiger partial charge in [-0.15, -0.1) is 0 Å². The van der Waals surface area contributed by atoms with Crippen LogP contribution in [0.1, 0.15) is 26.7 Å². The summed E-state index contributed by atoms with van der Waals surface area (Å²) in [5.74, 6) is 0. The minimum Gasteiger partial charge on any atom is -0.390 e. The van der Waals surface area contributed by atoms with Gasteiger partial charge in [0.2, 0.25) is 0 Å². The molecule has 1 unspecified atom stereocenters. The molecule has 0 saturated carbocycles. The second-order valence-corrected chi connectivity index (χ2v) is 3.80. The third-order valence-electron chi connectivity index (χ3n) is 2.58. The average molecular weight is 211 g/mol. The Morgan fingerprint density at radius 3 is 2.67 bits per heavy atom. The summed E-state index contributed by atoms with van der Waals surface area (Å²) >= 11 is 0. The predicted molar refractivity (Wildman–Crippen MR) is 60.6 cm³/mol. The lowest BCUT2D eigenvalue weighted by Gasteiger charge is -2.17. The second kappa shape index (κ2) is 6.58. The highest BCUT2D eigenvalue weighted by molar-refractivity contribution is 4.79. The molecule has 1 aromatic rings. The van der Waals surface area contributed by atoms with E-state index in [1.54, 1.807) is 10.9 Å². The van der Waals surface area contributed by atoms with E-state index < -0.39 is 0 Å². The Hall–Kier alpha value is -0.870. The summed E-state index contributed by atoms with van der Waals surface area (Å²) in [5, 5.41) is 17.1. The van der Waals surface area contributed by atoms with Gasteiger partial charge in [-0.3, -0.25) is 4.68 Å². The Balaban J connectivity index is 2.21. The zero-order valence-electron chi connectivity index (χ0n) is 9.56. The van der Waals surface area contributed by atoms with E-state index in [2.05, 4.69) is 24.3 Å². The molecule has 0 saturated heterocycles. The molecule has 0 aliphatic rings. The number of nitrogens with zero attached hydrogens (tertiary/aromatic N) is 2. The maximum Gasteiger partial charge on any atom is 0.0860 e. The van der Waals surface area contributed by atoms with Gasteiger partial charge in [-0.1, -0.05) is 13.8 Å². The first-order valence-corrected chi connectivity index (χ1v) is 5.65. The van der Waals surface area contributed by atoms with Gasteiger partial charge in [-0.2, -0.15) is 5.10 Å². The molecule has 1 heterocycles. The minimum absolute atomic E-state index is 0.370. The summed E-state index contributed by atoms with van der Waals surface area (Å²) in [5.41, 5.74) is 0. The van der Waals surface area contributed by atoms with Crippen LogP contribution in [0.4, 0.5) is 0 Å². The van der Waals surface area contributed by atoms with Gasteiger partial charge < -0.3 is 10.4 Å². The maximum atomic E-state index is 9.74. The Bertz CT molecular complexity index is 244. The van der Waals surface area contributed by atoms with Crippen LogP contribution in [0.3, 0.4) is 0 Å². The van der Waals surface area contributed by atoms with E-state index in [1.807, 2.05) is 12.3 Å². The van der Waals surface area contributed by atoms with E-state index in [0.717, 1.165) is 12.8 Å². The van der Waals surface area contributed by atoms with Crippen LogP contribution in [-0.2, 0) is 6.54 Å². The van der Waals surface area contributed by atoms with Crippen molar-refractivity contribution >= 4 is 0 Å². The van der Waals surface area contributed by atoms with Crippen molar-refractivity contribution in [3.05, 3.63) is 18.5 Å². The fraction of sp³-hybridized carbons (Fsp3) is 0.727. The van der Waals surface area contributed by atoms with Crippen molar-refractivity contribution in [1.29, 1.82) is 0 Å². The zero-order chi connectivity index (χ0) is 11.1. The van der Waals surface area contributed by atoms with Crippen molar-refractivity contribution < 1.29 is 5.11 Å². The molecule has 4 heteroatoms. The number of aliphatic hydroxyl groups is 1. The Kier molecular flexibility index (Phi) is 5.36. The first-order valence-electron chi connectivity index (χ1n) is 5.65. The predicted octanol–water partition coefficient (Wildman–Crippen LogP) is 1.02. The summed E-state index contributed by atoms with van der Waals surface area (Å²) in [6.45, 7) is 5.49. The summed E-state index contributed by atoms with van der Waals surface area (Å²) < 4.78 is 1.75. The Labute approximate surface area is 91.3 Å². The highest BCUT2D eigenvalue weighted by Gasteiger charge is 2.08. The molecule has 1 rings (SSSR count). The third-order valence-corrected chi connectivity index (χ3v) is 2.58. The molecule has 0 aliphatic carbocycles. The minimum atomic E-state index is -0.370. The summed E-state index contributed by atoms with van der Waals surface area (Å²) in [7, 11) is 0. The summed E-state index contributed by atoms with van der Waals surface area (Å²) in [4.78, 5) is 0. The van der Waals surface area contributed by atoms with Gasteiger partial charge in [-0.05, 0) is 18.9 Å². The largest absolute Gasteiger partial charge is 0.390 e. The van der Waals surface area contributed by atoms with Crippen LogP contribution in [0, 0.1) is 0 Å². The number of rotatable bonds is 7. The molecule has 0 amide bonds. The highest BCUT2D eigenvalue weighted by Crippen LogP contribution is 1.97. The lowest BCUT2D eigenvalue weighted by atomic mass is 10.1. The number of nitrogens with one attached hydrogen (secondary N) is 1. The molecule has 2 N–H and O–H groups in total. The topological polar surface area (TPSA) is 50.1 Å². The quantitative estimate of drug-likeness (QED) is 0.708. The number of hydrogen-bond donors (Lipinski definition) is 2. The first kappa shape index (κ1) is 12.2. The molecule has 0 aliphatic heterocycles. The molecule has 86 valence electrons. The molecule has 1 aromatic heterocycles. The molecule has 15 heavy (non-hydrogen) atoms. The molecule has 0 aromatic carbocycles. The van der Waals surface area contributed by atoms with E-state index in [4.69, 9.17) is 0 Å². The second-order valence-electron chi connectivity index (χ2n) is 3.80. The smallest absolute Gasteiger partial charge is 0.0860 e. The third kappa shape index (κ3) is 4.44. The molecule has 0 fully saturated rings. The molecular formula is C11H21N3O. The lowest BCUT2D eigenvalue weighted by molar-refractivity contribution is 0.142. The number of aromatic nitrogens is 2. The molecule has 0 spiro atoms. The first-order chi connectivity index (χ1) is 7.26. The maximum absolute atomic E-state index is 9.74. The fourth-order valence-electron chi connectivity index (χ4n) is 1.57.